The van der Waals surface area contributed by atoms with Crippen LogP contribution in [0.2, 0.25) is 0 Å². The lowest BCUT2D eigenvalue weighted by atomic mass is 10.0. The van der Waals surface area contributed by atoms with Crippen molar-refractivity contribution in [3.63, 3.8) is 0 Å². The summed E-state index contributed by atoms with van der Waals surface area (Å²) in [5, 5.41) is 3.34. The van der Waals surface area contributed by atoms with Gasteiger partial charge in [0, 0.05) is 32.2 Å². The molecule has 1 aliphatic heterocycles. The van der Waals surface area contributed by atoms with Gasteiger partial charge < -0.3 is 5.32 Å². The quantitative estimate of drug-likeness (QED) is 0.867. The number of hydrogen-bond donors (Lipinski definition) is 1. The van der Waals surface area contributed by atoms with E-state index < -0.39 is 0 Å². The molecule has 2 nitrogen and oxygen atoms in total. The first-order chi connectivity index (χ1) is 8.22. The van der Waals surface area contributed by atoms with Gasteiger partial charge in [-0.15, -0.1) is 24.8 Å². The maximum atomic E-state index is 13.6. The maximum absolute atomic E-state index is 13.6. The summed E-state index contributed by atoms with van der Waals surface area (Å²) < 4.78 is 14.1. The Hall–Kier alpha value is 0.130. The molecule has 1 heterocycles. The lowest BCUT2D eigenvalue weighted by Crippen LogP contribution is -2.45. The normalized spacial score (nSPS) is 17.2. The molecule has 0 unspecified atom stereocenters. The van der Waals surface area contributed by atoms with E-state index in [0.717, 1.165) is 38.2 Å². The summed E-state index contributed by atoms with van der Waals surface area (Å²) in [6.45, 7) is 6.28. The Morgan fingerprint density at radius 1 is 1.32 bits per heavy atom. The molecule has 0 spiro atoms. The van der Waals surface area contributed by atoms with E-state index in [0.29, 0.717) is 10.5 Å². The van der Waals surface area contributed by atoms with Crippen molar-refractivity contribution >= 4 is 40.7 Å². The van der Waals surface area contributed by atoms with Gasteiger partial charge in [0.1, 0.15) is 5.82 Å². The highest BCUT2D eigenvalue weighted by Crippen LogP contribution is 2.27. The average molecular weight is 374 g/mol. The zero-order valence-electron chi connectivity index (χ0n) is 10.9. The van der Waals surface area contributed by atoms with Gasteiger partial charge in [-0.05, 0) is 40.0 Å². The van der Waals surface area contributed by atoms with Crippen LogP contribution in [-0.4, -0.2) is 31.1 Å². The molecule has 110 valence electrons. The van der Waals surface area contributed by atoms with Crippen LogP contribution in [0.4, 0.5) is 4.39 Å². The lowest BCUT2D eigenvalue weighted by Gasteiger charge is -2.34. The summed E-state index contributed by atoms with van der Waals surface area (Å²) >= 11 is 3.20. The second-order valence-electron chi connectivity index (χ2n) is 4.38. The first-order valence-electron chi connectivity index (χ1n) is 6.12. The van der Waals surface area contributed by atoms with Crippen LogP contribution in [0.5, 0.6) is 0 Å². The molecule has 0 radical (unpaired) electrons. The van der Waals surface area contributed by atoms with Gasteiger partial charge in [-0.2, -0.15) is 0 Å². The highest BCUT2D eigenvalue weighted by atomic mass is 79.9. The van der Waals surface area contributed by atoms with Crippen LogP contribution in [0.15, 0.2) is 22.7 Å². The average Bonchev–Trinajstić information content (AvgIpc) is 2.36. The van der Waals surface area contributed by atoms with Gasteiger partial charge >= 0.3 is 0 Å². The third kappa shape index (κ3) is 4.87. The minimum atomic E-state index is -0.170. The van der Waals surface area contributed by atoms with Gasteiger partial charge in [0.15, 0.2) is 0 Å². The SMILES string of the molecule is CC[C@H](c1ccc(Br)c(F)c1)N1CCNCC1.Cl.Cl. The maximum Gasteiger partial charge on any atom is 0.137 e. The van der Waals surface area contributed by atoms with E-state index in [9.17, 15) is 4.39 Å². The summed E-state index contributed by atoms with van der Waals surface area (Å²) in [6, 6.07) is 5.80. The Bertz CT molecular complexity index is 387. The zero-order chi connectivity index (χ0) is 12.3. The molecule has 1 fully saturated rings. The fourth-order valence-electron chi connectivity index (χ4n) is 2.42. The smallest absolute Gasteiger partial charge is 0.137 e. The fraction of sp³-hybridized carbons (Fsp3) is 0.538. The molecule has 19 heavy (non-hydrogen) atoms. The Morgan fingerprint density at radius 2 is 1.95 bits per heavy atom. The number of hydrogen-bond acceptors (Lipinski definition) is 2. The van der Waals surface area contributed by atoms with E-state index in [1.54, 1.807) is 12.1 Å². The van der Waals surface area contributed by atoms with Gasteiger partial charge in [0.2, 0.25) is 0 Å². The molecular formula is C13H20BrCl2FN2. The van der Waals surface area contributed by atoms with Crippen molar-refractivity contribution in [3.8, 4) is 0 Å². The van der Waals surface area contributed by atoms with E-state index in [2.05, 4.69) is 33.1 Å². The Kier molecular flexibility index (Phi) is 9.20. The molecule has 1 saturated heterocycles. The van der Waals surface area contributed by atoms with E-state index in [1.165, 1.54) is 0 Å². The van der Waals surface area contributed by atoms with Crippen molar-refractivity contribution < 1.29 is 4.39 Å². The topological polar surface area (TPSA) is 15.3 Å². The molecule has 1 aromatic rings. The molecule has 6 heteroatoms. The Labute approximate surface area is 135 Å². The van der Waals surface area contributed by atoms with E-state index in [-0.39, 0.29) is 30.6 Å². The third-order valence-corrected chi connectivity index (χ3v) is 3.95. The Balaban J connectivity index is 0.00000162. The van der Waals surface area contributed by atoms with Crippen LogP contribution in [0.25, 0.3) is 0 Å². The molecule has 0 bridgehead atoms. The van der Waals surface area contributed by atoms with Gasteiger partial charge in [0.25, 0.3) is 0 Å². The largest absolute Gasteiger partial charge is 0.314 e. The zero-order valence-corrected chi connectivity index (χ0v) is 14.1. The molecule has 1 aliphatic rings. The number of nitrogens with zero attached hydrogens (tertiary/aromatic N) is 1. The van der Waals surface area contributed by atoms with Crippen molar-refractivity contribution in [2.24, 2.45) is 0 Å². The number of nitrogens with one attached hydrogen (secondary N) is 1. The number of rotatable bonds is 3. The number of piperazine rings is 1. The summed E-state index contributed by atoms with van der Waals surface area (Å²) in [5.41, 5.74) is 1.08. The standard InChI is InChI=1S/C13H18BrFN2.2ClH/c1-2-13(17-7-5-16-6-8-17)10-3-4-11(14)12(15)9-10;;/h3-4,9,13,16H,2,5-8H2,1H3;2*1H/t13-;;/m1../s1. The minimum absolute atomic E-state index is 0. The first-order valence-corrected chi connectivity index (χ1v) is 6.91. The van der Waals surface area contributed by atoms with Crippen molar-refractivity contribution in [1.29, 1.82) is 0 Å². The number of halogens is 4. The monoisotopic (exact) mass is 372 g/mol. The molecule has 0 saturated carbocycles. The highest BCUT2D eigenvalue weighted by Gasteiger charge is 2.21. The van der Waals surface area contributed by atoms with Gasteiger partial charge in [-0.3, -0.25) is 4.90 Å². The highest BCUT2D eigenvalue weighted by molar-refractivity contribution is 9.10. The predicted molar refractivity (Wildman–Crippen MR) is 86.1 cm³/mol. The van der Waals surface area contributed by atoms with Gasteiger partial charge in [0.05, 0.1) is 4.47 Å². The molecule has 0 aliphatic carbocycles. The van der Waals surface area contributed by atoms with Gasteiger partial charge in [-0.1, -0.05) is 13.0 Å². The van der Waals surface area contributed by atoms with Gasteiger partial charge in [-0.25, -0.2) is 4.39 Å². The second-order valence-corrected chi connectivity index (χ2v) is 5.24. The lowest BCUT2D eigenvalue weighted by molar-refractivity contribution is 0.169. The Morgan fingerprint density at radius 3 is 2.47 bits per heavy atom. The minimum Gasteiger partial charge on any atom is -0.314 e. The van der Waals surface area contributed by atoms with E-state index in [1.807, 2.05) is 6.07 Å². The molecule has 1 atom stereocenters. The first kappa shape index (κ1) is 19.1. The van der Waals surface area contributed by atoms with E-state index in [4.69, 9.17) is 0 Å². The molecule has 2 rings (SSSR count). The van der Waals surface area contributed by atoms with E-state index >= 15 is 0 Å². The van der Waals surface area contributed by atoms with Crippen molar-refractivity contribution in [3.05, 3.63) is 34.1 Å². The molecule has 1 N–H and O–H groups in total. The van der Waals surface area contributed by atoms with Crippen LogP contribution in [0, 0.1) is 5.82 Å². The summed E-state index contributed by atoms with van der Waals surface area (Å²) in [4.78, 5) is 2.43. The summed E-state index contributed by atoms with van der Waals surface area (Å²) in [6.07, 6.45) is 1.01. The van der Waals surface area contributed by atoms with Crippen LogP contribution in [-0.2, 0) is 0 Å². The molecular weight excluding hydrogens is 354 g/mol. The molecule has 1 aromatic carbocycles. The van der Waals surface area contributed by atoms with Crippen LogP contribution in [0.3, 0.4) is 0 Å². The summed E-state index contributed by atoms with van der Waals surface area (Å²) in [7, 11) is 0. The van der Waals surface area contributed by atoms with Crippen molar-refractivity contribution in [1.82, 2.24) is 10.2 Å². The number of benzene rings is 1. The van der Waals surface area contributed by atoms with Crippen LogP contribution in [0.1, 0.15) is 24.9 Å². The third-order valence-electron chi connectivity index (χ3n) is 3.31. The fourth-order valence-corrected chi connectivity index (χ4v) is 2.66. The predicted octanol–water partition coefficient (Wildman–Crippen LogP) is 3.79. The summed E-state index contributed by atoms with van der Waals surface area (Å²) in [5.74, 6) is -0.170. The van der Waals surface area contributed by atoms with Crippen molar-refractivity contribution in [2.75, 3.05) is 26.2 Å². The second kappa shape index (κ2) is 9.14. The molecule has 0 amide bonds. The van der Waals surface area contributed by atoms with Crippen LogP contribution < -0.4 is 5.32 Å². The van der Waals surface area contributed by atoms with Crippen LogP contribution >= 0.6 is 40.7 Å². The molecule has 0 aromatic heterocycles. The van der Waals surface area contributed by atoms with Crippen molar-refractivity contribution in [2.45, 2.75) is 19.4 Å².